The van der Waals surface area contributed by atoms with E-state index in [1.807, 2.05) is 18.9 Å². The van der Waals surface area contributed by atoms with Crippen LogP contribution < -0.4 is 15.0 Å². The number of fused-ring (bicyclic) bond motifs is 1. The van der Waals surface area contributed by atoms with Gasteiger partial charge >= 0.3 is 0 Å². The summed E-state index contributed by atoms with van der Waals surface area (Å²) in [4.78, 5) is 21.7. The third-order valence-corrected chi connectivity index (χ3v) is 7.36. The van der Waals surface area contributed by atoms with Crippen molar-refractivity contribution < 1.29 is 25.5 Å². The Morgan fingerprint density at radius 2 is 2.19 bits per heavy atom. The number of aromatic nitrogens is 4. The molecule has 4 rings (SSSR count). The van der Waals surface area contributed by atoms with Crippen molar-refractivity contribution >= 4 is 21.1 Å². The molecule has 0 radical (unpaired) electrons. The number of rotatable bonds is 11. The minimum absolute atomic E-state index is 0.0457. The van der Waals surface area contributed by atoms with Gasteiger partial charge in [-0.15, -0.1) is 0 Å². The van der Waals surface area contributed by atoms with E-state index in [-0.39, 0.29) is 46.6 Å². The number of hydrogen-bond acceptors (Lipinski definition) is 7. The van der Waals surface area contributed by atoms with Gasteiger partial charge in [-0.3, -0.25) is 9.48 Å². The van der Waals surface area contributed by atoms with Crippen LogP contribution in [0.15, 0.2) is 27.9 Å². The quantitative estimate of drug-likeness (QED) is 0.395. The lowest BCUT2D eigenvalue weighted by molar-refractivity contribution is 0.297. The van der Waals surface area contributed by atoms with E-state index < -0.39 is 52.9 Å². The number of aryl methyl sites for hydroxylation is 2. The third-order valence-electron chi connectivity index (χ3n) is 6.07. The second-order valence-corrected chi connectivity index (χ2v) is 10.3. The van der Waals surface area contributed by atoms with Crippen LogP contribution in [0.5, 0.6) is 5.75 Å². The van der Waals surface area contributed by atoms with Gasteiger partial charge in [0.1, 0.15) is 17.1 Å². The standard InChI is InChI=1S/C25H36N6O4S/c1-5-8-20-22-23(31(4)29-20)25(32)28-24(27-22)19-16-18(10-11-21(19)35-15-6-2)36(33,34)26-13-12-17-9-7-14-30(17)3/h10-11,16-17,26H,5-9,12-15H2,1-4H3,(H,27,28,32)/i1D3,5D2,8D2,13D2. The molecule has 2 aromatic heterocycles. The van der Waals surface area contributed by atoms with Gasteiger partial charge in [0.2, 0.25) is 10.0 Å². The Labute approximate surface area is 224 Å². The van der Waals surface area contributed by atoms with Crippen LogP contribution in [0, 0.1) is 0 Å². The Bertz CT molecular complexity index is 1740. The van der Waals surface area contributed by atoms with Crippen molar-refractivity contribution in [3.8, 4) is 17.1 Å². The Kier molecular flexibility index (Phi) is 5.21. The molecule has 0 aliphatic carbocycles. The molecule has 196 valence electrons. The lowest BCUT2D eigenvalue weighted by Gasteiger charge is -2.19. The number of H-pyrrole nitrogens is 1. The largest absolute Gasteiger partial charge is 0.493 e. The summed E-state index contributed by atoms with van der Waals surface area (Å²) in [7, 11) is -1.33. The zero-order valence-corrected chi connectivity index (χ0v) is 21.2. The molecule has 11 heteroatoms. The van der Waals surface area contributed by atoms with E-state index in [4.69, 9.17) is 17.1 Å². The summed E-state index contributed by atoms with van der Waals surface area (Å²) in [6.07, 6.45) is -4.58. The Morgan fingerprint density at radius 1 is 1.36 bits per heavy atom. The molecule has 1 fully saturated rings. The van der Waals surface area contributed by atoms with Gasteiger partial charge in [-0.2, -0.15) is 5.10 Å². The number of ether oxygens (including phenoxy) is 1. The van der Waals surface area contributed by atoms with Crippen LogP contribution in [0.1, 0.15) is 63.9 Å². The molecule has 1 saturated heterocycles. The number of sulfonamides is 1. The van der Waals surface area contributed by atoms with Crippen molar-refractivity contribution in [3.63, 3.8) is 0 Å². The Balaban J connectivity index is 1.85. The normalized spacial score (nSPS) is 22.0. The zero-order chi connectivity index (χ0) is 33.8. The number of nitrogens with one attached hydrogen (secondary N) is 2. The fraction of sp³-hybridized carbons (Fsp3) is 0.560. The van der Waals surface area contributed by atoms with Crippen molar-refractivity contribution in [2.75, 3.05) is 26.7 Å². The van der Waals surface area contributed by atoms with Gasteiger partial charge in [0, 0.05) is 31.9 Å². The van der Waals surface area contributed by atoms with E-state index in [9.17, 15) is 13.2 Å². The van der Waals surface area contributed by atoms with Crippen molar-refractivity contribution in [2.45, 2.75) is 63.1 Å². The van der Waals surface area contributed by atoms with Gasteiger partial charge in [-0.05, 0) is 63.8 Å². The predicted molar refractivity (Wildman–Crippen MR) is 140 cm³/mol. The van der Waals surface area contributed by atoms with E-state index in [1.165, 1.54) is 19.2 Å². The second-order valence-electron chi connectivity index (χ2n) is 8.60. The molecule has 36 heavy (non-hydrogen) atoms. The molecular formula is C25H36N6O4S. The van der Waals surface area contributed by atoms with Gasteiger partial charge in [0.05, 0.1) is 22.8 Å². The predicted octanol–water partition coefficient (Wildman–Crippen LogP) is 2.83. The van der Waals surface area contributed by atoms with Gasteiger partial charge in [-0.1, -0.05) is 20.1 Å². The number of benzene rings is 1. The fourth-order valence-electron chi connectivity index (χ4n) is 4.20. The van der Waals surface area contributed by atoms with Gasteiger partial charge in [-0.25, -0.2) is 18.1 Å². The molecule has 0 amide bonds. The minimum Gasteiger partial charge on any atom is -0.493 e. The first-order valence-electron chi connectivity index (χ1n) is 16.1. The fourth-order valence-corrected chi connectivity index (χ4v) is 5.11. The molecule has 3 aromatic rings. The Hall–Kier alpha value is -2.76. The monoisotopic (exact) mass is 525 g/mol. The highest BCUT2D eigenvalue weighted by Crippen LogP contribution is 2.31. The first-order valence-corrected chi connectivity index (χ1v) is 13.1. The Morgan fingerprint density at radius 3 is 2.92 bits per heavy atom. The maximum atomic E-state index is 13.4. The minimum atomic E-state index is -4.47. The molecule has 1 aromatic carbocycles. The van der Waals surface area contributed by atoms with Crippen LogP contribution in [-0.2, 0) is 23.4 Å². The average Bonchev–Trinajstić information content (AvgIpc) is 3.47. The molecule has 2 N–H and O–H groups in total. The summed E-state index contributed by atoms with van der Waals surface area (Å²) in [5, 5.41) is 3.94. The first kappa shape index (κ1) is 16.9. The number of hydrogen-bond donors (Lipinski definition) is 2. The summed E-state index contributed by atoms with van der Waals surface area (Å²) >= 11 is 0. The first-order chi connectivity index (χ1) is 20.6. The molecule has 1 aliphatic rings. The van der Waals surface area contributed by atoms with Crippen LogP contribution in [0.25, 0.3) is 22.4 Å². The highest BCUT2D eigenvalue weighted by atomic mass is 32.2. The lowest BCUT2D eigenvalue weighted by Crippen LogP contribution is -2.31. The van der Waals surface area contributed by atoms with Gasteiger partial charge < -0.3 is 14.6 Å². The van der Waals surface area contributed by atoms with E-state index in [2.05, 4.69) is 19.8 Å². The maximum Gasteiger partial charge on any atom is 0.277 e. The molecule has 1 unspecified atom stereocenters. The summed E-state index contributed by atoms with van der Waals surface area (Å²) in [5.41, 5.74) is -2.33. The summed E-state index contributed by atoms with van der Waals surface area (Å²) in [6, 6.07) is 3.52. The molecule has 10 nitrogen and oxygen atoms in total. The summed E-state index contributed by atoms with van der Waals surface area (Å²) < 4.78 is 108. The molecular weight excluding hydrogens is 480 g/mol. The van der Waals surface area contributed by atoms with Crippen molar-refractivity contribution in [1.29, 1.82) is 0 Å². The number of aromatic amines is 1. The smallest absolute Gasteiger partial charge is 0.277 e. The average molecular weight is 526 g/mol. The van der Waals surface area contributed by atoms with Crippen LogP contribution in [0.4, 0.5) is 0 Å². The highest BCUT2D eigenvalue weighted by Gasteiger charge is 2.23. The van der Waals surface area contributed by atoms with Crippen LogP contribution in [0.3, 0.4) is 0 Å². The number of nitrogens with zero attached hydrogens (tertiary/aromatic N) is 4. The van der Waals surface area contributed by atoms with Crippen molar-refractivity contribution in [3.05, 3.63) is 34.2 Å². The topological polar surface area (TPSA) is 122 Å². The van der Waals surface area contributed by atoms with Gasteiger partial charge in [0.15, 0.2) is 5.52 Å². The van der Waals surface area contributed by atoms with Crippen molar-refractivity contribution in [1.82, 2.24) is 29.4 Å². The van der Waals surface area contributed by atoms with E-state index in [0.717, 1.165) is 30.1 Å². The maximum absolute atomic E-state index is 13.4. The number of likely N-dealkylation sites (tertiary alicyclic amines) is 1. The highest BCUT2D eigenvalue weighted by molar-refractivity contribution is 7.89. The molecule has 3 heterocycles. The third kappa shape index (κ3) is 5.47. The van der Waals surface area contributed by atoms with Crippen molar-refractivity contribution in [2.24, 2.45) is 7.05 Å². The van der Waals surface area contributed by atoms with Crippen LogP contribution >= 0.6 is 0 Å². The van der Waals surface area contributed by atoms with Crippen LogP contribution in [0.2, 0.25) is 0 Å². The van der Waals surface area contributed by atoms with E-state index in [1.54, 1.807) is 0 Å². The zero-order valence-electron chi connectivity index (χ0n) is 29.4. The molecule has 1 aliphatic heterocycles. The molecule has 0 saturated carbocycles. The van der Waals surface area contributed by atoms with E-state index in [0.29, 0.717) is 6.42 Å². The summed E-state index contributed by atoms with van der Waals surface area (Å²) in [6.45, 7) is -2.88. The lowest BCUT2D eigenvalue weighted by atomic mass is 10.1. The SMILES string of the molecule is [2H]C([2H])(CC1CCCN1C)NS(=O)(=O)c1ccc(OCCC)c(-c2nc3c(C([2H])([2H])C([2H])([2H])C([2H])([2H])[2H])nn(C)c3c(=O)[nH]2)c1. The molecule has 1 atom stereocenters. The molecule has 0 bridgehead atoms. The molecule has 0 spiro atoms. The van der Waals surface area contributed by atoms with Gasteiger partial charge in [0.25, 0.3) is 5.56 Å². The second kappa shape index (κ2) is 11.1. The van der Waals surface area contributed by atoms with Crippen LogP contribution in [-0.4, -0.2) is 65.8 Å². The summed E-state index contributed by atoms with van der Waals surface area (Å²) in [5.74, 6) is -0.189. The van der Waals surface area contributed by atoms with E-state index >= 15 is 0 Å².